The van der Waals surface area contributed by atoms with Gasteiger partial charge in [0.15, 0.2) is 0 Å². The summed E-state index contributed by atoms with van der Waals surface area (Å²) in [6.45, 7) is 0. The predicted molar refractivity (Wildman–Crippen MR) is 48.8 cm³/mol. The van der Waals surface area contributed by atoms with Gasteiger partial charge in [-0.15, -0.1) is 5.10 Å². The van der Waals surface area contributed by atoms with E-state index in [1.807, 2.05) is 16.9 Å². The van der Waals surface area contributed by atoms with Crippen molar-refractivity contribution >= 4 is 0 Å². The maximum Gasteiger partial charge on any atom is 0.0729 e. The molecule has 0 spiro atoms. The number of hydrogen-bond acceptors (Lipinski definition) is 2. The Morgan fingerprint density at radius 1 is 1.15 bits per heavy atom. The first-order chi connectivity index (χ1) is 6.45. The predicted octanol–water partition coefficient (Wildman–Crippen LogP) is 1.37. The summed E-state index contributed by atoms with van der Waals surface area (Å²) < 4.78 is 1.93. The average Bonchev–Trinajstić information content (AvgIpc) is 2.65. The summed E-state index contributed by atoms with van der Waals surface area (Å²) in [5, 5.41) is 7.98. The van der Waals surface area contributed by atoms with Crippen LogP contribution >= 0.6 is 0 Å². The molecule has 0 atom stereocenters. The maximum absolute atomic E-state index is 4.06. The van der Waals surface area contributed by atoms with E-state index in [0.29, 0.717) is 0 Å². The van der Waals surface area contributed by atoms with Crippen LogP contribution in [-0.4, -0.2) is 15.0 Å². The molecule has 0 unspecified atom stereocenters. The van der Waals surface area contributed by atoms with Gasteiger partial charge in [0.1, 0.15) is 0 Å². The topological polar surface area (TPSA) is 30.7 Å². The minimum atomic E-state index is 1.05. The second-order valence-corrected chi connectivity index (χ2v) is 3.27. The molecule has 1 aromatic heterocycles. The monoisotopic (exact) mass is 171 g/mol. The van der Waals surface area contributed by atoms with Gasteiger partial charge in [-0.1, -0.05) is 23.4 Å². The summed E-state index contributed by atoms with van der Waals surface area (Å²) in [6, 6.07) is 8.35. The van der Waals surface area contributed by atoms with Gasteiger partial charge in [0.05, 0.1) is 17.6 Å². The van der Waals surface area contributed by atoms with Crippen LogP contribution in [0, 0.1) is 0 Å². The van der Waals surface area contributed by atoms with Crippen LogP contribution in [0.2, 0.25) is 0 Å². The fraction of sp³-hybridized carbons (Fsp3) is 0.200. The summed E-state index contributed by atoms with van der Waals surface area (Å²) in [5.74, 6) is 0. The Morgan fingerprint density at radius 2 is 2.08 bits per heavy atom. The molecule has 1 aliphatic rings. The van der Waals surface area contributed by atoms with Crippen molar-refractivity contribution in [2.75, 3.05) is 0 Å². The second kappa shape index (κ2) is 2.42. The van der Waals surface area contributed by atoms with E-state index in [4.69, 9.17) is 0 Å². The number of aryl methyl sites for hydroxylation is 2. The highest BCUT2D eigenvalue weighted by atomic mass is 15.4. The Labute approximate surface area is 76.0 Å². The Hall–Kier alpha value is -1.64. The summed E-state index contributed by atoms with van der Waals surface area (Å²) >= 11 is 0. The first kappa shape index (κ1) is 6.83. The van der Waals surface area contributed by atoms with Gasteiger partial charge in [0, 0.05) is 0 Å². The van der Waals surface area contributed by atoms with Gasteiger partial charge < -0.3 is 0 Å². The van der Waals surface area contributed by atoms with Gasteiger partial charge in [-0.2, -0.15) is 0 Å². The third kappa shape index (κ3) is 0.900. The molecule has 0 N–H and O–H groups in total. The Morgan fingerprint density at radius 3 is 3.08 bits per heavy atom. The maximum atomic E-state index is 4.06. The lowest BCUT2D eigenvalue weighted by Gasteiger charge is -2.16. The highest BCUT2D eigenvalue weighted by molar-refractivity contribution is 5.43. The van der Waals surface area contributed by atoms with Crippen molar-refractivity contribution < 1.29 is 0 Å². The van der Waals surface area contributed by atoms with E-state index in [2.05, 4.69) is 28.5 Å². The molecule has 0 fully saturated rings. The molecule has 64 valence electrons. The van der Waals surface area contributed by atoms with Gasteiger partial charge in [0.2, 0.25) is 0 Å². The number of rotatable bonds is 0. The van der Waals surface area contributed by atoms with Gasteiger partial charge >= 0.3 is 0 Å². The van der Waals surface area contributed by atoms with E-state index in [9.17, 15) is 0 Å². The molecule has 0 saturated heterocycles. The standard InChI is InChI=1S/C10H9N3/c1-2-4-10-8(3-1)5-6-9-7-11-12-13(9)10/h1-4,7H,5-6H2. The first-order valence-corrected chi connectivity index (χ1v) is 4.43. The fourth-order valence-corrected chi connectivity index (χ4v) is 1.82. The zero-order valence-electron chi connectivity index (χ0n) is 7.14. The molecule has 2 heterocycles. The SMILES string of the molecule is c1ccc2c(c1)CCc1cnnn1-2. The molecule has 3 nitrogen and oxygen atoms in total. The molecule has 0 bridgehead atoms. The zero-order chi connectivity index (χ0) is 8.67. The molecule has 3 heteroatoms. The molecule has 2 aromatic rings. The van der Waals surface area contributed by atoms with Crippen molar-refractivity contribution in [2.24, 2.45) is 0 Å². The molecule has 0 aliphatic carbocycles. The lowest BCUT2D eigenvalue weighted by atomic mass is 10.0. The van der Waals surface area contributed by atoms with Crippen molar-refractivity contribution in [1.82, 2.24) is 15.0 Å². The van der Waals surface area contributed by atoms with Crippen molar-refractivity contribution in [3.05, 3.63) is 41.7 Å². The van der Waals surface area contributed by atoms with Crippen LogP contribution in [0.1, 0.15) is 11.3 Å². The largest absolute Gasteiger partial charge is 0.217 e. The number of aromatic nitrogens is 3. The number of fused-ring (bicyclic) bond motifs is 3. The lowest BCUT2D eigenvalue weighted by Crippen LogP contribution is -2.12. The van der Waals surface area contributed by atoms with Crippen molar-refractivity contribution in [3.8, 4) is 5.69 Å². The molecular weight excluding hydrogens is 162 g/mol. The highest BCUT2D eigenvalue weighted by Gasteiger charge is 2.15. The molecule has 13 heavy (non-hydrogen) atoms. The van der Waals surface area contributed by atoms with Gasteiger partial charge in [-0.25, -0.2) is 4.68 Å². The number of hydrogen-bond donors (Lipinski definition) is 0. The summed E-state index contributed by atoms with van der Waals surface area (Å²) in [7, 11) is 0. The van der Waals surface area contributed by atoms with Gasteiger partial charge in [-0.05, 0) is 24.5 Å². The smallest absolute Gasteiger partial charge is 0.0729 e. The van der Waals surface area contributed by atoms with Gasteiger partial charge in [0.25, 0.3) is 0 Å². The van der Waals surface area contributed by atoms with E-state index in [-0.39, 0.29) is 0 Å². The molecular formula is C10H9N3. The van der Waals surface area contributed by atoms with E-state index in [1.54, 1.807) is 0 Å². The van der Waals surface area contributed by atoms with Crippen LogP contribution in [-0.2, 0) is 12.8 Å². The summed E-state index contributed by atoms with van der Waals surface area (Å²) in [6.07, 6.45) is 3.99. The molecule has 0 radical (unpaired) electrons. The third-order valence-electron chi connectivity index (χ3n) is 2.49. The normalized spacial score (nSPS) is 13.5. The van der Waals surface area contributed by atoms with Crippen LogP contribution in [0.5, 0.6) is 0 Å². The second-order valence-electron chi connectivity index (χ2n) is 3.27. The Balaban J connectivity index is 2.30. The summed E-state index contributed by atoms with van der Waals surface area (Å²) in [5.41, 5.74) is 3.75. The van der Waals surface area contributed by atoms with E-state index in [1.165, 1.54) is 16.9 Å². The van der Waals surface area contributed by atoms with Crippen LogP contribution in [0.25, 0.3) is 5.69 Å². The van der Waals surface area contributed by atoms with E-state index < -0.39 is 0 Å². The molecule has 3 rings (SSSR count). The summed E-state index contributed by atoms with van der Waals surface area (Å²) in [4.78, 5) is 0. The van der Waals surface area contributed by atoms with Crippen molar-refractivity contribution in [2.45, 2.75) is 12.8 Å². The third-order valence-corrected chi connectivity index (χ3v) is 2.49. The number of nitrogens with zero attached hydrogens (tertiary/aromatic N) is 3. The highest BCUT2D eigenvalue weighted by Crippen LogP contribution is 2.22. The molecule has 0 saturated carbocycles. The number of para-hydroxylation sites is 1. The minimum Gasteiger partial charge on any atom is -0.217 e. The average molecular weight is 171 g/mol. The van der Waals surface area contributed by atoms with Crippen LogP contribution in [0.15, 0.2) is 30.5 Å². The van der Waals surface area contributed by atoms with Crippen LogP contribution < -0.4 is 0 Å². The van der Waals surface area contributed by atoms with Gasteiger partial charge in [-0.3, -0.25) is 0 Å². The molecule has 0 amide bonds. The quantitative estimate of drug-likeness (QED) is 0.599. The minimum absolute atomic E-state index is 1.05. The van der Waals surface area contributed by atoms with E-state index >= 15 is 0 Å². The first-order valence-electron chi connectivity index (χ1n) is 4.43. The molecule has 1 aliphatic heterocycles. The van der Waals surface area contributed by atoms with Crippen molar-refractivity contribution in [1.29, 1.82) is 0 Å². The molecule has 1 aromatic carbocycles. The fourth-order valence-electron chi connectivity index (χ4n) is 1.82. The Kier molecular flexibility index (Phi) is 1.27. The van der Waals surface area contributed by atoms with Crippen LogP contribution in [0.3, 0.4) is 0 Å². The zero-order valence-corrected chi connectivity index (χ0v) is 7.14. The van der Waals surface area contributed by atoms with E-state index in [0.717, 1.165) is 12.8 Å². The number of benzene rings is 1. The van der Waals surface area contributed by atoms with Crippen molar-refractivity contribution in [3.63, 3.8) is 0 Å². The van der Waals surface area contributed by atoms with Crippen LogP contribution in [0.4, 0.5) is 0 Å². The Bertz CT molecular complexity index is 445. The lowest BCUT2D eigenvalue weighted by molar-refractivity contribution is 0.712.